The fourth-order valence-corrected chi connectivity index (χ4v) is 0.854. The standard InChI is InChI=1S/C9H6FNO/c10-9-3-1-7(2-4-9)8(5-11)6-12/h1-4,6,8H/t8-/m0/s1. The molecule has 0 aromatic heterocycles. The number of halogens is 1. The molecule has 0 unspecified atom stereocenters. The topological polar surface area (TPSA) is 40.9 Å². The van der Waals surface area contributed by atoms with Crippen LogP contribution in [0.5, 0.6) is 0 Å². The molecule has 0 bridgehead atoms. The highest BCUT2D eigenvalue weighted by Gasteiger charge is 2.07. The predicted molar refractivity (Wildman–Crippen MR) is 40.8 cm³/mol. The van der Waals surface area contributed by atoms with Gasteiger partial charge in [-0.15, -0.1) is 0 Å². The molecule has 1 atom stereocenters. The van der Waals surface area contributed by atoms with Crippen molar-refractivity contribution in [2.75, 3.05) is 0 Å². The lowest BCUT2D eigenvalue weighted by atomic mass is 10.0. The molecule has 0 heterocycles. The molecular weight excluding hydrogens is 157 g/mol. The highest BCUT2D eigenvalue weighted by molar-refractivity contribution is 5.66. The summed E-state index contributed by atoms with van der Waals surface area (Å²) in [4.78, 5) is 10.3. The average Bonchev–Trinajstić information content (AvgIpc) is 2.10. The second-order valence-corrected chi connectivity index (χ2v) is 2.29. The van der Waals surface area contributed by atoms with Gasteiger partial charge >= 0.3 is 0 Å². The van der Waals surface area contributed by atoms with Crippen molar-refractivity contribution in [2.45, 2.75) is 5.92 Å². The Morgan fingerprint density at radius 1 is 1.42 bits per heavy atom. The third kappa shape index (κ3) is 1.67. The molecule has 0 aliphatic heterocycles. The summed E-state index contributed by atoms with van der Waals surface area (Å²) in [6, 6.07) is 7.10. The van der Waals surface area contributed by atoms with Crippen molar-refractivity contribution in [1.82, 2.24) is 0 Å². The zero-order chi connectivity index (χ0) is 8.97. The number of nitrogens with zero attached hydrogens (tertiary/aromatic N) is 1. The Balaban J connectivity index is 2.97. The minimum Gasteiger partial charge on any atom is -0.302 e. The Kier molecular flexibility index (Phi) is 2.54. The molecule has 1 aromatic carbocycles. The van der Waals surface area contributed by atoms with Crippen LogP contribution in [0.15, 0.2) is 24.3 Å². The first-order chi connectivity index (χ1) is 5.77. The number of nitriles is 1. The highest BCUT2D eigenvalue weighted by atomic mass is 19.1. The van der Waals surface area contributed by atoms with Crippen LogP contribution in [0.25, 0.3) is 0 Å². The van der Waals surface area contributed by atoms with E-state index in [9.17, 15) is 9.18 Å². The second-order valence-electron chi connectivity index (χ2n) is 2.29. The van der Waals surface area contributed by atoms with Crippen LogP contribution in [0.2, 0.25) is 0 Å². The first-order valence-electron chi connectivity index (χ1n) is 3.38. The molecule has 0 aliphatic rings. The van der Waals surface area contributed by atoms with Crippen molar-refractivity contribution in [3.63, 3.8) is 0 Å². The van der Waals surface area contributed by atoms with Gasteiger partial charge in [-0.2, -0.15) is 5.26 Å². The summed E-state index contributed by atoms with van der Waals surface area (Å²) < 4.78 is 12.4. The van der Waals surface area contributed by atoms with Crippen LogP contribution >= 0.6 is 0 Å². The molecule has 0 N–H and O–H groups in total. The van der Waals surface area contributed by atoms with Gasteiger partial charge in [-0.1, -0.05) is 12.1 Å². The van der Waals surface area contributed by atoms with E-state index in [0.29, 0.717) is 11.8 Å². The first kappa shape index (κ1) is 8.41. The molecule has 12 heavy (non-hydrogen) atoms. The number of carbonyl (C=O) groups is 1. The number of rotatable bonds is 2. The van der Waals surface area contributed by atoms with E-state index < -0.39 is 5.92 Å². The van der Waals surface area contributed by atoms with Gasteiger partial charge in [0.15, 0.2) is 0 Å². The maximum Gasteiger partial charge on any atom is 0.141 e. The van der Waals surface area contributed by atoms with Gasteiger partial charge in [0.1, 0.15) is 18.0 Å². The molecule has 1 rings (SSSR count). The van der Waals surface area contributed by atoms with Crippen LogP contribution < -0.4 is 0 Å². The van der Waals surface area contributed by atoms with Crippen molar-refractivity contribution in [1.29, 1.82) is 5.26 Å². The molecule has 0 radical (unpaired) electrons. The lowest BCUT2D eigenvalue weighted by Gasteiger charge is -1.99. The minimum atomic E-state index is -0.786. The van der Waals surface area contributed by atoms with E-state index in [-0.39, 0.29) is 5.82 Å². The van der Waals surface area contributed by atoms with Gasteiger partial charge in [-0.25, -0.2) is 4.39 Å². The highest BCUT2D eigenvalue weighted by Crippen LogP contribution is 2.12. The molecule has 0 aliphatic carbocycles. The van der Waals surface area contributed by atoms with Crippen molar-refractivity contribution < 1.29 is 9.18 Å². The summed E-state index contributed by atoms with van der Waals surface area (Å²) in [5.74, 6) is -1.16. The third-order valence-corrected chi connectivity index (χ3v) is 1.50. The quantitative estimate of drug-likeness (QED) is 0.622. The summed E-state index contributed by atoms with van der Waals surface area (Å²) in [5, 5.41) is 8.47. The lowest BCUT2D eigenvalue weighted by Crippen LogP contribution is -1.95. The van der Waals surface area contributed by atoms with E-state index >= 15 is 0 Å². The summed E-state index contributed by atoms with van der Waals surface area (Å²) >= 11 is 0. The van der Waals surface area contributed by atoms with E-state index in [1.807, 2.05) is 0 Å². The SMILES string of the molecule is N#C[C@@H](C=O)c1ccc(F)cc1. The van der Waals surface area contributed by atoms with E-state index in [4.69, 9.17) is 5.26 Å². The van der Waals surface area contributed by atoms with E-state index in [2.05, 4.69) is 0 Å². The Hall–Kier alpha value is -1.69. The number of hydrogen-bond acceptors (Lipinski definition) is 2. The van der Waals surface area contributed by atoms with Gasteiger partial charge in [0.2, 0.25) is 0 Å². The number of aldehydes is 1. The smallest absolute Gasteiger partial charge is 0.141 e. The molecule has 0 amide bonds. The van der Waals surface area contributed by atoms with E-state index in [1.54, 1.807) is 6.07 Å². The molecule has 0 saturated carbocycles. The number of benzene rings is 1. The maximum atomic E-state index is 12.4. The van der Waals surface area contributed by atoms with Crippen LogP contribution in [0.1, 0.15) is 11.5 Å². The van der Waals surface area contributed by atoms with Crippen molar-refractivity contribution in [3.05, 3.63) is 35.6 Å². The summed E-state index contributed by atoms with van der Waals surface area (Å²) in [6.45, 7) is 0. The summed E-state index contributed by atoms with van der Waals surface area (Å²) in [6.07, 6.45) is 0.535. The number of hydrogen-bond donors (Lipinski definition) is 0. The molecule has 0 saturated heterocycles. The fraction of sp³-hybridized carbons (Fsp3) is 0.111. The largest absolute Gasteiger partial charge is 0.302 e. The van der Waals surface area contributed by atoms with Crippen LogP contribution in [-0.4, -0.2) is 6.29 Å². The molecule has 1 aromatic rings. The van der Waals surface area contributed by atoms with Crippen molar-refractivity contribution in [2.24, 2.45) is 0 Å². The first-order valence-corrected chi connectivity index (χ1v) is 3.38. The van der Waals surface area contributed by atoms with Crippen molar-refractivity contribution in [3.8, 4) is 6.07 Å². The molecule has 60 valence electrons. The maximum absolute atomic E-state index is 12.4. The van der Waals surface area contributed by atoms with Gasteiger partial charge in [-0.3, -0.25) is 0 Å². The van der Waals surface area contributed by atoms with Crippen LogP contribution in [0, 0.1) is 17.1 Å². The lowest BCUT2D eigenvalue weighted by molar-refractivity contribution is -0.108. The van der Waals surface area contributed by atoms with E-state index in [1.165, 1.54) is 24.3 Å². The van der Waals surface area contributed by atoms with Gasteiger partial charge in [-0.05, 0) is 17.7 Å². The fourth-order valence-electron chi connectivity index (χ4n) is 0.854. The summed E-state index contributed by atoms with van der Waals surface area (Å²) in [7, 11) is 0. The van der Waals surface area contributed by atoms with Crippen LogP contribution in [-0.2, 0) is 4.79 Å². The van der Waals surface area contributed by atoms with Crippen molar-refractivity contribution >= 4 is 6.29 Å². The molecular formula is C9H6FNO. The van der Waals surface area contributed by atoms with Crippen LogP contribution in [0.4, 0.5) is 4.39 Å². The average molecular weight is 163 g/mol. The summed E-state index contributed by atoms with van der Waals surface area (Å²) in [5.41, 5.74) is 0.522. The van der Waals surface area contributed by atoms with Gasteiger partial charge < -0.3 is 4.79 Å². The van der Waals surface area contributed by atoms with Gasteiger partial charge in [0, 0.05) is 0 Å². The monoisotopic (exact) mass is 163 g/mol. The Bertz CT molecular complexity index is 312. The molecule has 2 nitrogen and oxygen atoms in total. The van der Waals surface area contributed by atoms with Crippen LogP contribution in [0.3, 0.4) is 0 Å². The second kappa shape index (κ2) is 3.63. The zero-order valence-corrected chi connectivity index (χ0v) is 6.20. The normalized spacial score (nSPS) is 11.7. The Morgan fingerprint density at radius 2 is 2.00 bits per heavy atom. The Labute approximate surface area is 69.2 Å². The predicted octanol–water partition coefficient (Wildman–Crippen LogP) is 1.63. The number of carbonyl (C=O) groups excluding carboxylic acids is 1. The third-order valence-electron chi connectivity index (χ3n) is 1.50. The molecule has 0 fully saturated rings. The molecule has 3 heteroatoms. The minimum absolute atomic E-state index is 0.374. The van der Waals surface area contributed by atoms with E-state index in [0.717, 1.165) is 0 Å². The Morgan fingerprint density at radius 3 is 2.42 bits per heavy atom. The van der Waals surface area contributed by atoms with Gasteiger partial charge in [0.25, 0.3) is 0 Å². The van der Waals surface area contributed by atoms with Gasteiger partial charge in [0.05, 0.1) is 6.07 Å². The zero-order valence-electron chi connectivity index (χ0n) is 6.20. The molecule has 0 spiro atoms.